The van der Waals surface area contributed by atoms with Gasteiger partial charge in [0.25, 0.3) is 0 Å². The number of rotatable bonds is 3. The van der Waals surface area contributed by atoms with Gasteiger partial charge in [0.05, 0.1) is 11.7 Å². The maximum absolute atomic E-state index is 5.13. The number of fused-ring (bicyclic) bond motifs is 1. The molecule has 21 heavy (non-hydrogen) atoms. The van der Waals surface area contributed by atoms with Crippen LogP contribution in [0.25, 0.3) is 0 Å². The van der Waals surface area contributed by atoms with Crippen molar-refractivity contribution in [2.45, 2.75) is 50.0 Å². The Morgan fingerprint density at radius 3 is 2.67 bits per heavy atom. The minimum absolute atomic E-state index is 0.210. The van der Waals surface area contributed by atoms with Crippen LogP contribution < -0.4 is 5.32 Å². The molecule has 0 amide bonds. The Morgan fingerprint density at radius 1 is 1.19 bits per heavy atom. The van der Waals surface area contributed by atoms with E-state index in [2.05, 4.69) is 42.7 Å². The number of hydrogen-bond donors (Lipinski definition) is 1. The van der Waals surface area contributed by atoms with Gasteiger partial charge in [-0.3, -0.25) is 0 Å². The summed E-state index contributed by atoms with van der Waals surface area (Å²) in [5, 5.41) is 4.81. The van der Waals surface area contributed by atoms with Crippen LogP contribution in [-0.2, 0) is 11.8 Å². The van der Waals surface area contributed by atoms with E-state index in [0.717, 1.165) is 0 Å². The summed E-state index contributed by atoms with van der Waals surface area (Å²) in [6.07, 6.45) is 7.58. The second-order valence-electron chi connectivity index (χ2n) is 6.36. The molecule has 0 saturated heterocycles. The quantitative estimate of drug-likeness (QED) is 0.918. The molecule has 2 aromatic rings. The van der Waals surface area contributed by atoms with Crippen LogP contribution in [0.2, 0.25) is 0 Å². The standard InChI is InChI=1S/C18H22N2S/c1-19-14-9-5-10-15-16(14)20-17(21-15)18(11-6-12-18)13-7-3-2-4-8-13/h2-4,7-8,14,19H,5-6,9-12H2,1H3. The second kappa shape index (κ2) is 5.22. The molecule has 2 aliphatic carbocycles. The van der Waals surface area contributed by atoms with Crippen molar-refractivity contribution in [3.8, 4) is 0 Å². The van der Waals surface area contributed by atoms with Crippen LogP contribution in [0.4, 0.5) is 0 Å². The first-order valence-electron chi connectivity index (χ1n) is 8.06. The molecule has 1 atom stereocenters. The summed E-state index contributed by atoms with van der Waals surface area (Å²) in [5.41, 5.74) is 3.01. The first-order chi connectivity index (χ1) is 10.3. The molecule has 0 spiro atoms. The Morgan fingerprint density at radius 2 is 2.00 bits per heavy atom. The van der Waals surface area contributed by atoms with E-state index in [1.54, 1.807) is 0 Å². The Hall–Kier alpha value is -1.19. The number of aromatic nitrogens is 1. The Kier molecular flexibility index (Phi) is 3.35. The molecule has 4 rings (SSSR count). The zero-order valence-corrected chi connectivity index (χ0v) is 13.4. The van der Waals surface area contributed by atoms with Gasteiger partial charge in [-0.1, -0.05) is 36.8 Å². The highest BCUT2D eigenvalue weighted by molar-refractivity contribution is 7.12. The fourth-order valence-electron chi connectivity index (χ4n) is 3.82. The molecule has 1 fully saturated rings. The van der Waals surface area contributed by atoms with Crippen molar-refractivity contribution in [2.24, 2.45) is 0 Å². The number of hydrogen-bond acceptors (Lipinski definition) is 3. The summed E-state index contributed by atoms with van der Waals surface area (Å²) in [6, 6.07) is 11.5. The van der Waals surface area contributed by atoms with E-state index in [4.69, 9.17) is 4.98 Å². The van der Waals surface area contributed by atoms with Gasteiger partial charge in [0, 0.05) is 10.3 Å². The summed E-state index contributed by atoms with van der Waals surface area (Å²) in [5.74, 6) is 0. The van der Waals surface area contributed by atoms with Gasteiger partial charge in [-0.15, -0.1) is 11.3 Å². The van der Waals surface area contributed by atoms with Gasteiger partial charge in [0.2, 0.25) is 0 Å². The maximum atomic E-state index is 5.13. The molecule has 0 radical (unpaired) electrons. The monoisotopic (exact) mass is 298 g/mol. The van der Waals surface area contributed by atoms with E-state index >= 15 is 0 Å². The van der Waals surface area contributed by atoms with Crippen molar-refractivity contribution in [2.75, 3.05) is 7.05 Å². The average Bonchev–Trinajstić information content (AvgIpc) is 2.91. The normalized spacial score (nSPS) is 23.4. The van der Waals surface area contributed by atoms with Gasteiger partial charge in [0.1, 0.15) is 5.01 Å². The summed E-state index contributed by atoms with van der Waals surface area (Å²) < 4.78 is 0. The molecule has 0 aliphatic heterocycles. The Bertz CT molecular complexity index is 628. The highest BCUT2D eigenvalue weighted by Crippen LogP contribution is 2.51. The molecule has 3 heteroatoms. The van der Waals surface area contributed by atoms with Crippen LogP contribution in [0.3, 0.4) is 0 Å². The average molecular weight is 298 g/mol. The van der Waals surface area contributed by atoms with Crippen LogP contribution >= 0.6 is 11.3 Å². The van der Waals surface area contributed by atoms with Crippen LogP contribution in [0.1, 0.15) is 59.3 Å². The molecular weight excluding hydrogens is 276 g/mol. The van der Waals surface area contributed by atoms with E-state index in [9.17, 15) is 0 Å². The lowest BCUT2D eigenvalue weighted by molar-refractivity contribution is 0.299. The Labute approximate surface area is 130 Å². The second-order valence-corrected chi connectivity index (χ2v) is 7.45. The third kappa shape index (κ3) is 2.06. The lowest BCUT2D eigenvalue weighted by Crippen LogP contribution is -2.35. The van der Waals surface area contributed by atoms with Gasteiger partial charge in [-0.25, -0.2) is 4.98 Å². The molecule has 1 aromatic carbocycles. The molecule has 1 saturated carbocycles. The highest BCUT2D eigenvalue weighted by Gasteiger charge is 2.43. The van der Waals surface area contributed by atoms with Crippen LogP contribution in [0.15, 0.2) is 30.3 Å². The summed E-state index contributed by atoms with van der Waals surface area (Å²) in [4.78, 5) is 6.66. The van der Waals surface area contributed by atoms with E-state index in [0.29, 0.717) is 6.04 Å². The minimum atomic E-state index is 0.210. The van der Waals surface area contributed by atoms with Crippen LogP contribution in [0.5, 0.6) is 0 Å². The predicted molar refractivity (Wildman–Crippen MR) is 87.9 cm³/mol. The SMILES string of the molecule is CNC1CCCc2sc(C3(c4ccccc4)CCC3)nc21. The topological polar surface area (TPSA) is 24.9 Å². The fraction of sp³-hybridized carbons (Fsp3) is 0.500. The van der Waals surface area contributed by atoms with Gasteiger partial charge in [-0.05, 0) is 44.7 Å². The molecule has 110 valence electrons. The number of nitrogens with one attached hydrogen (secondary N) is 1. The highest BCUT2D eigenvalue weighted by atomic mass is 32.1. The first-order valence-corrected chi connectivity index (χ1v) is 8.88. The number of aryl methyl sites for hydroxylation is 1. The van der Waals surface area contributed by atoms with Crippen LogP contribution in [0, 0.1) is 0 Å². The van der Waals surface area contributed by atoms with Crippen molar-refractivity contribution in [1.29, 1.82) is 0 Å². The lowest BCUT2D eigenvalue weighted by Gasteiger charge is -2.40. The molecule has 1 heterocycles. The van der Waals surface area contributed by atoms with Gasteiger partial charge in [0.15, 0.2) is 0 Å². The molecule has 1 aromatic heterocycles. The predicted octanol–water partition coefficient (Wildman–Crippen LogP) is 4.21. The molecular formula is C18H22N2S. The lowest BCUT2D eigenvalue weighted by atomic mass is 9.65. The maximum Gasteiger partial charge on any atom is 0.104 e. The van der Waals surface area contributed by atoms with Crippen molar-refractivity contribution in [3.05, 3.63) is 51.5 Å². The summed E-state index contributed by atoms with van der Waals surface area (Å²) in [6.45, 7) is 0. The molecule has 1 unspecified atom stereocenters. The molecule has 2 aliphatic rings. The number of thiazole rings is 1. The van der Waals surface area contributed by atoms with Crippen molar-refractivity contribution < 1.29 is 0 Å². The van der Waals surface area contributed by atoms with Gasteiger partial charge >= 0.3 is 0 Å². The summed E-state index contributed by atoms with van der Waals surface area (Å²) in [7, 11) is 2.06. The fourth-order valence-corrected chi connectivity index (χ4v) is 5.25. The van der Waals surface area contributed by atoms with E-state index < -0.39 is 0 Å². The minimum Gasteiger partial charge on any atom is -0.312 e. The zero-order valence-electron chi connectivity index (χ0n) is 12.6. The van der Waals surface area contributed by atoms with Crippen molar-refractivity contribution in [1.82, 2.24) is 10.3 Å². The largest absolute Gasteiger partial charge is 0.312 e. The Balaban J connectivity index is 1.77. The zero-order chi connectivity index (χ0) is 14.3. The van der Waals surface area contributed by atoms with Crippen molar-refractivity contribution >= 4 is 11.3 Å². The third-order valence-corrected chi connectivity index (χ3v) is 6.58. The van der Waals surface area contributed by atoms with E-state index in [-0.39, 0.29) is 5.41 Å². The molecule has 1 N–H and O–H groups in total. The smallest absolute Gasteiger partial charge is 0.104 e. The molecule has 0 bridgehead atoms. The first kappa shape index (κ1) is 13.5. The van der Waals surface area contributed by atoms with E-state index in [1.807, 2.05) is 11.3 Å². The number of benzene rings is 1. The third-order valence-electron chi connectivity index (χ3n) is 5.25. The van der Waals surface area contributed by atoms with Crippen LogP contribution in [-0.4, -0.2) is 12.0 Å². The van der Waals surface area contributed by atoms with Crippen molar-refractivity contribution in [3.63, 3.8) is 0 Å². The molecule has 2 nitrogen and oxygen atoms in total. The number of nitrogens with zero attached hydrogens (tertiary/aromatic N) is 1. The van der Waals surface area contributed by atoms with E-state index in [1.165, 1.54) is 59.7 Å². The van der Waals surface area contributed by atoms with Gasteiger partial charge < -0.3 is 5.32 Å². The van der Waals surface area contributed by atoms with Gasteiger partial charge in [-0.2, -0.15) is 0 Å². The summed E-state index contributed by atoms with van der Waals surface area (Å²) >= 11 is 1.98.